The molecule has 94 valence electrons. The summed E-state index contributed by atoms with van der Waals surface area (Å²) in [6.45, 7) is 11.4. The molecule has 0 radical (unpaired) electrons. The van der Waals surface area contributed by atoms with Crippen molar-refractivity contribution >= 4 is 0 Å². The minimum absolute atomic E-state index is 0.295. The van der Waals surface area contributed by atoms with Gasteiger partial charge >= 0.3 is 0 Å². The van der Waals surface area contributed by atoms with Crippen molar-refractivity contribution in [1.29, 1.82) is 0 Å². The fourth-order valence-corrected chi connectivity index (χ4v) is 2.66. The van der Waals surface area contributed by atoms with Crippen molar-refractivity contribution in [2.75, 3.05) is 26.2 Å². The molecule has 0 aromatic carbocycles. The van der Waals surface area contributed by atoms with Crippen LogP contribution in [-0.2, 0) is 4.74 Å². The maximum absolute atomic E-state index is 6.17. The summed E-state index contributed by atoms with van der Waals surface area (Å²) in [5, 5.41) is 3.41. The Kier molecular flexibility index (Phi) is 3.88. The molecule has 0 saturated carbocycles. The summed E-state index contributed by atoms with van der Waals surface area (Å²) in [6.07, 6.45) is 4.62. The Bertz CT molecular complexity index is 218. The summed E-state index contributed by atoms with van der Waals surface area (Å²) >= 11 is 0. The highest BCUT2D eigenvalue weighted by molar-refractivity contribution is 4.86. The van der Waals surface area contributed by atoms with E-state index in [1.165, 1.54) is 32.4 Å². The zero-order valence-electron chi connectivity index (χ0n) is 11.0. The Morgan fingerprint density at radius 3 is 2.56 bits per heavy atom. The number of nitrogens with zero attached hydrogens (tertiary/aromatic N) is 1. The van der Waals surface area contributed by atoms with E-state index in [0.717, 1.165) is 13.1 Å². The smallest absolute Gasteiger partial charge is 0.0718 e. The summed E-state index contributed by atoms with van der Waals surface area (Å²) in [5.74, 6) is 0. The first-order chi connectivity index (χ1) is 7.55. The molecule has 2 atom stereocenters. The zero-order valence-corrected chi connectivity index (χ0v) is 11.0. The fraction of sp³-hybridized carbons (Fsp3) is 1.00. The molecule has 0 spiro atoms. The van der Waals surface area contributed by atoms with Crippen LogP contribution in [0.4, 0.5) is 0 Å². The molecule has 0 aliphatic carbocycles. The largest absolute Gasteiger partial charge is 0.372 e. The minimum Gasteiger partial charge on any atom is -0.372 e. The third-order valence-electron chi connectivity index (χ3n) is 3.73. The van der Waals surface area contributed by atoms with Gasteiger partial charge in [0.05, 0.1) is 12.2 Å². The Balaban J connectivity index is 1.76. The minimum atomic E-state index is 0.295. The second kappa shape index (κ2) is 5.03. The number of nitrogens with one attached hydrogen (secondary N) is 1. The molecule has 2 heterocycles. The van der Waals surface area contributed by atoms with Crippen LogP contribution in [0.15, 0.2) is 0 Å². The van der Waals surface area contributed by atoms with Crippen LogP contribution in [-0.4, -0.2) is 48.8 Å². The highest BCUT2D eigenvalue weighted by Gasteiger charge is 2.32. The van der Waals surface area contributed by atoms with E-state index in [0.29, 0.717) is 17.7 Å². The number of hydrogen-bond acceptors (Lipinski definition) is 3. The summed E-state index contributed by atoms with van der Waals surface area (Å²) in [5.41, 5.74) is 0.295. The lowest BCUT2D eigenvalue weighted by atomic mass is 10.1. The molecule has 2 aliphatic heterocycles. The molecule has 2 rings (SSSR count). The second-order valence-electron chi connectivity index (χ2n) is 6.13. The molecule has 0 aromatic heterocycles. The van der Waals surface area contributed by atoms with E-state index in [2.05, 4.69) is 31.0 Å². The van der Waals surface area contributed by atoms with Gasteiger partial charge in [0.25, 0.3) is 0 Å². The molecule has 2 unspecified atom stereocenters. The van der Waals surface area contributed by atoms with Gasteiger partial charge in [0, 0.05) is 25.2 Å². The van der Waals surface area contributed by atoms with E-state index in [9.17, 15) is 0 Å². The molecule has 2 saturated heterocycles. The molecule has 2 aliphatic rings. The van der Waals surface area contributed by atoms with Gasteiger partial charge in [0.15, 0.2) is 0 Å². The number of hydrogen-bond donors (Lipinski definition) is 1. The Hall–Kier alpha value is -0.120. The van der Waals surface area contributed by atoms with Gasteiger partial charge in [0.1, 0.15) is 0 Å². The van der Waals surface area contributed by atoms with Crippen molar-refractivity contribution in [3.8, 4) is 0 Å². The van der Waals surface area contributed by atoms with E-state index in [-0.39, 0.29) is 0 Å². The maximum Gasteiger partial charge on any atom is 0.0718 e. The van der Waals surface area contributed by atoms with E-state index in [1.807, 2.05) is 0 Å². The second-order valence-corrected chi connectivity index (χ2v) is 6.13. The molecular formula is C13H26N2O. The van der Waals surface area contributed by atoms with Gasteiger partial charge < -0.3 is 10.1 Å². The maximum atomic E-state index is 6.17. The third-order valence-corrected chi connectivity index (χ3v) is 3.73. The van der Waals surface area contributed by atoms with Crippen LogP contribution in [0.1, 0.15) is 40.0 Å². The Morgan fingerprint density at radius 2 is 2.00 bits per heavy atom. The van der Waals surface area contributed by atoms with E-state index in [1.54, 1.807) is 0 Å². The summed E-state index contributed by atoms with van der Waals surface area (Å²) in [4.78, 5) is 2.54. The van der Waals surface area contributed by atoms with Gasteiger partial charge in [-0.1, -0.05) is 0 Å². The van der Waals surface area contributed by atoms with Crippen LogP contribution in [0.5, 0.6) is 0 Å². The first kappa shape index (κ1) is 12.3. The van der Waals surface area contributed by atoms with Crippen molar-refractivity contribution in [2.24, 2.45) is 0 Å². The molecule has 0 amide bonds. The third kappa shape index (κ3) is 3.19. The molecule has 3 nitrogen and oxygen atoms in total. The molecule has 2 fully saturated rings. The Labute approximate surface area is 99.5 Å². The quantitative estimate of drug-likeness (QED) is 0.774. The van der Waals surface area contributed by atoms with Crippen LogP contribution in [0.3, 0.4) is 0 Å². The first-order valence-electron chi connectivity index (χ1n) is 6.67. The normalized spacial score (nSPS) is 33.2. The lowest BCUT2D eigenvalue weighted by molar-refractivity contribution is -0.0211. The fourth-order valence-electron chi connectivity index (χ4n) is 2.66. The Morgan fingerprint density at radius 1 is 1.19 bits per heavy atom. The number of piperidine rings is 1. The summed E-state index contributed by atoms with van der Waals surface area (Å²) in [6, 6.07) is 0. The van der Waals surface area contributed by atoms with Gasteiger partial charge in [-0.25, -0.2) is 0 Å². The average Bonchev–Trinajstić information content (AvgIpc) is 2.67. The molecule has 1 N–H and O–H groups in total. The number of ether oxygens (including phenoxy) is 1. The SMILES string of the molecule is CC(C)(C)N1CCC(OC2CCCNC2)C1. The molecule has 3 heteroatoms. The standard InChI is InChI=1S/C13H26N2O/c1-13(2,3)15-8-6-12(10-15)16-11-5-4-7-14-9-11/h11-12,14H,4-10H2,1-3H3. The molecular weight excluding hydrogens is 200 g/mol. The van der Waals surface area contributed by atoms with Gasteiger partial charge in [-0.3, -0.25) is 4.90 Å². The lowest BCUT2D eigenvalue weighted by Gasteiger charge is -2.32. The van der Waals surface area contributed by atoms with E-state index in [4.69, 9.17) is 4.74 Å². The van der Waals surface area contributed by atoms with Crippen molar-refractivity contribution in [2.45, 2.75) is 57.8 Å². The highest BCUT2D eigenvalue weighted by atomic mass is 16.5. The van der Waals surface area contributed by atoms with Crippen LogP contribution < -0.4 is 5.32 Å². The van der Waals surface area contributed by atoms with Crippen LogP contribution in [0.2, 0.25) is 0 Å². The lowest BCUT2D eigenvalue weighted by Crippen LogP contribution is -2.42. The van der Waals surface area contributed by atoms with Crippen molar-refractivity contribution in [3.63, 3.8) is 0 Å². The van der Waals surface area contributed by atoms with Crippen LogP contribution in [0.25, 0.3) is 0 Å². The van der Waals surface area contributed by atoms with E-state index >= 15 is 0 Å². The van der Waals surface area contributed by atoms with Gasteiger partial charge in [-0.05, 0) is 46.6 Å². The predicted octanol–water partition coefficient (Wildman–Crippen LogP) is 1.63. The highest BCUT2D eigenvalue weighted by Crippen LogP contribution is 2.23. The first-order valence-corrected chi connectivity index (χ1v) is 6.67. The molecule has 0 aromatic rings. The van der Waals surface area contributed by atoms with Crippen molar-refractivity contribution in [1.82, 2.24) is 10.2 Å². The van der Waals surface area contributed by atoms with Gasteiger partial charge in [-0.15, -0.1) is 0 Å². The van der Waals surface area contributed by atoms with Crippen LogP contribution in [0, 0.1) is 0 Å². The van der Waals surface area contributed by atoms with Crippen LogP contribution >= 0.6 is 0 Å². The summed E-state index contributed by atoms with van der Waals surface area (Å²) in [7, 11) is 0. The number of rotatable bonds is 2. The predicted molar refractivity (Wildman–Crippen MR) is 66.7 cm³/mol. The topological polar surface area (TPSA) is 24.5 Å². The summed E-state index contributed by atoms with van der Waals surface area (Å²) < 4.78 is 6.17. The molecule has 0 bridgehead atoms. The zero-order chi connectivity index (χ0) is 11.6. The van der Waals surface area contributed by atoms with Gasteiger partial charge in [0.2, 0.25) is 0 Å². The van der Waals surface area contributed by atoms with E-state index < -0.39 is 0 Å². The number of likely N-dealkylation sites (tertiary alicyclic amines) is 1. The monoisotopic (exact) mass is 226 g/mol. The van der Waals surface area contributed by atoms with Gasteiger partial charge in [-0.2, -0.15) is 0 Å². The molecule has 16 heavy (non-hydrogen) atoms. The van der Waals surface area contributed by atoms with Crippen molar-refractivity contribution < 1.29 is 4.74 Å². The average molecular weight is 226 g/mol. The van der Waals surface area contributed by atoms with Crippen molar-refractivity contribution in [3.05, 3.63) is 0 Å².